The van der Waals surface area contributed by atoms with Gasteiger partial charge < -0.3 is 0 Å². The summed E-state index contributed by atoms with van der Waals surface area (Å²) in [5, 5.41) is 14.0. The molecule has 4 aliphatic rings. The van der Waals surface area contributed by atoms with E-state index >= 15 is 0 Å². The molecule has 5 nitrogen and oxygen atoms in total. The second kappa shape index (κ2) is 8.17. The molecule has 2 aromatic rings. The average molecular weight is 546 g/mol. The van der Waals surface area contributed by atoms with Crippen molar-refractivity contribution in [2.24, 2.45) is 5.92 Å². The summed E-state index contributed by atoms with van der Waals surface area (Å²) in [5.74, 6) is 1.08. The summed E-state index contributed by atoms with van der Waals surface area (Å²) in [7, 11) is 1.57. The van der Waals surface area contributed by atoms with Crippen LogP contribution in [0.15, 0.2) is 36.4 Å². The quantitative estimate of drug-likeness (QED) is 0.431. The van der Waals surface area contributed by atoms with E-state index in [1.807, 2.05) is 6.07 Å². The van der Waals surface area contributed by atoms with Crippen LogP contribution >= 0.6 is 0 Å². The van der Waals surface area contributed by atoms with Gasteiger partial charge in [0.05, 0.1) is 0 Å². The number of methoxy groups -OCH3 is 1. The van der Waals surface area contributed by atoms with Crippen LogP contribution in [0.2, 0.25) is 0 Å². The van der Waals surface area contributed by atoms with E-state index in [-0.39, 0.29) is 5.78 Å². The number of ether oxygens (including phenoxy) is 2. The number of carbonyl (C=O) groups excluding carboxylic acids is 1. The SMILES string of the molecule is CO[C@H]1O[C@@H](c2ccc(C3CC3)c(Cc3ccc4c(c3)C3NC4CC3C)c2)C(=O)[C@@H](O)[I-]1. The molecule has 6 rings (SSSR count). The fourth-order valence-corrected chi connectivity index (χ4v) is 7.68. The molecule has 2 N–H and O–H groups in total. The molecule has 6 atom stereocenters. The number of carbonyl (C=O) groups is 1. The second-order valence-corrected chi connectivity index (χ2v) is 12.6. The van der Waals surface area contributed by atoms with Gasteiger partial charge in [-0.3, -0.25) is 0 Å². The number of ketones is 1. The summed E-state index contributed by atoms with van der Waals surface area (Å²) in [6.45, 7) is 2.34. The van der Waals surface area contributed by atoms with E-state index in [1.165, 1.54) is 47.1 Å². The zero-order valence-corrected chi connectivity index (χ0v) is 20.5. The zero-order valence-electron chi connectivity index (χ0n) is 18.4. The van der Waals surface area contributed by atoms with Gasteiger partial charge in [-0.2, -0.15) is 0 Å². The van der Waals surface area contributed by atoms with Crippen molar-refractivity contribution in [2.75, 3.05) is 7.11 Å². The van der Waals surface area contributed by atoms with Gasteiger partial charge in [0.1, 0.15) is 0 Å². The Morgan fingerprint density at radius 3 is 2.75 bits per heavy atom. The Labute approximate surface area is 199 Å². The van der Waals surface area contributed by atoms with Gasteiger partial charge in [-0.05, 0) is 6.42 Å². The molecule has 0 aromatic heterocycles. The van der Waals surface area contributed by atoms with Gasteiger partial charge in [0, 0.05) is 0 Å². The maximum absolute atomic E-state index is 12.7. The van der Waals surface area contributed by atoms with Crippen molar-refractivity contribution in [1.29, 1.82) is 0 Å². The van der Waals surface area contributed by atoms with Crippen LogP contribution in [0.25, 0.3) is 0 Å². The van der Waals surface area contributed by atoms with Crippen LogP contribution in [-0.4, -0.2) is 26.4 Å². The predicted octanol–water partition coefficient (Wildman–Crippen LogP) is 0.858. The molecule has 3 unspecified atom stereocenters. The number of fused-ring (bicyclic) bond motifs is 5. The van der Waals surface area contributed by atoms with Gasteiger partial charge in [0.15, 0.2) is 0 Å². The number of nitrogens with one attached hydrogen (secondary N) is 1. The van der Waals surface area contributed by atoms with E-state index in [1.54, 1.807) is 7.11 Å². The molecule has 0 spiro atoms. The first-order chi connectivity index (χ1) is 15.5. The maximum atomic E-state index is 12.7. The Morgan fingerprint density at radius 2 is 1.97 bits per heavy atom. The number of alkyl halides is 2. The molecule has 32 heavy (non-hydrogen) atoms. The summed E-state index contributed by atoms with van der Waals surface area (Å²) in [4.78, 5) is 12.7. The van der Waals surface area contributed by atoms with Gasteiger partial charge in [-0.25, -0.2) is 0 Å². The van der Waals surface area contributed by atoms with Crippen molar-refractivity contribution in [2.45, 2.75) is 65.1 Å². The number of hydrogen-bond acceptors (Lipinski definition) is 5. The summed E-state index contributed by atoms with van der Waals surface area (Å²) < 4.78 is 9.89. The Kier molecular flexibility index (Phi) is 5.42. The van der Waals surface area contributed by atoms with Crippen molar-refractivity contribution in [3.8, 4) is 0 Å². The molecule has 3 fully saturated rings. The topological polar surface area (TPSA) is 67.8 Å². The third kappa shape index (κ3) is 3.64. The van der Waals surface area contributed by atoms with Crippen molar-refractivity contribution >= 4 is 5.78 Å². The fourth-order valence-electron chi connectivity index (χ4n) is 5.68. The predicted molar refractivity (Wildman–Crippen MR) is 116 cm³/mol. The van der Waals surface area contributed by atoms with E-state index in [2.05, 4.69) is 42.6 Å². The van der Waals surface area contributed by atoms with Crippen LogP contribution in [-0.2, 0) is 20.7 Å². The first-order valence-corrected chi connectivity index (χ1v) is 14.0. The Hall–Kier alpha value is -1.32. The van der Waals surface area contributed by atoms with E-state index in [4.69, 9.17) is 9.47 Å². The third-order valence-corrected chi connectivity index (χ3v) is 10.1. The van der Waals surface area contributed by atoms with Crippen molar-refractivity contribution < 1.29 is 40.6 Å². The summed E-state index contributed by atoms with van der Waals surface area (Å²) >= 11 is -0.883. The Balaban J connectivity index is 1.32. The number of aliphatic hydroxyl groups excluding tert-OH is 1. The van der Waals surface area contributed by atoms with Crippen LogP contribution in [0.1, 0.15) is 83.7 Å². The monoisotopic (exact) mass is 546 g/mol. The van der Waals surface area contributed by atoms with Crippen molar-refractivity contribution in [3.05, 3.63) is 69.8 Å². The summed E-state index contributed by atoms with van der Waals surface area (Å²) in [5.41, 5.74) is 7.75. The van der Waals surface area contributed by atoms with Crippen LogP contribution in [0.3, 0.4) is 0 Å². The van der Waals surface area contributed by atoms with E-state index in [0.29, 0.717) is 23.9 Å². The fraction of sp³-hybridized carbons (Fsp3) is 0.500. The first kappa shape index (κ1) is 21.2. The molecule has 0 radical (unpaired) electrons. The molecule has 2 aromatic carbocycles. The Bertz CT molecular complexity index is 1070. The van der Waals surface area contributed by atoms with Crippen LogP contribution in [0.4, 0.5) is 0 Å². The van der Waals surface area contributed by atoms with Crippen molar-refractivity contribution in [3.63, 3.8) is 0 Å². The number of hydrogen-bond donors (Lipinski definition) is 2. The first-order valence-electron chi connectivity index (χ1n) is 11.6. The van der Waals surface area contributed by atoms with Crippen LogP contribution in [0, 0.1) is 5.92 Å². The van der Waals surface area contributed by atoms with Gasteiger partial charge in [0.25, 0.3) is 0 Å². The van der Waals surface area contributed by atoms with E-state index in [9.17, 15) is 9.90 Å². The molecule has 1 saturated carbocycles. The average Bonchev–Trinajstić information content (AvgIpc) is 3.48. The Morgan fingerprint density at radius 1 is 1.16 bits per heavy atom. The minimum atomic E-state index is -0.939. The van der Waals surface area contributed by atoms with Crippen LogP contribution in [0.5, 0.6) is 0 Å². The molecule has 2 saturated heterocycles. The molecule has 6 heteroatoms. The van der Waals surface area contributed by atoms with E-state index in [0.717, 1.165) is 12.0 Å². The van der Waals surface area contributed by atoms with Gasteiger partial charge in [0.2, 0.25) is 0 Å². The molecule has 170 valence electrons. The molecule has 3 heterocycles. The number of rotatable bonds is 5. The number of benzene rings is 2. The molecular weight excluding hydrogens is 517 g/mol. The summed E-state index contributed by atoms with van der Waals surface area (Å²) in [6, 6.07) is 14.3. The summed E-state index contributed by atoms with van der Waals surface area (Å²) in [6.07, 6.45) is 3.79. The van der Waals surface area contributed by atoms with Crippen molar-refractivity contribution in [1.82, 2.24) is 5.32 Å². The van der Waals surface area contributed by atoms with Crippen LogP contribution < -0.4 is 26.5 Å². The number of Topliss-reactive ketones (excluding diaryl/α,β-unsaturated/α-hetero) is 1. The molecule has 3 aliphatic heterocycles. The van der Waals surface area contributed by atoms with E-state index < -0.39 is 35.7 Å². The zero-order chi connectivity index (χ0) is 22.0. The van der Waals surface area contributed by atoms with Gasteiger partial charge >= 0.3 is 186 Å². The second-order valence-electron chi connectivity index (χ2n) is 9.67. The van der Waals surface area contributed by atoms with Gasteiger partial charge in [-0.15, -0.1) is 0 Å². The molecule has 2 bridgehead atoms. The van der Waals surface area contributed by atoms with Gasteiger partial charge in [-0.1, -0.05) is 6.92 Å². The normalized spacial score (nSPS) is 33.8. The molecule has 1 aliphatic carbocycles. The minimum absolute atomic E-state index is 0.232. The number of halogens is 1. The molecular formula is C26H29INO4-. The standard InChI is InChI=1S/C26H29INO4/c1-13-9-21-19-7-3-14(11-20(19)22(13)28-21)10-17-12-16(6-8-18(17)15-4-5-15)24-23(29)25(30)27-26(31-2)32-24/h3,6-8,11-13,15,21-22,24-26,28,30H,4-5,9-10H2,1-2H3/q-1/t13?,21?,22?,24-,25+,26-/m0/s1. The number of aliphatic hydroxyl groups is 1. The third-order valence-electron chi connectivity index (χ3n) is 7.44. The molecule has 0 amide bonds.